The maximum absolute atomic E-state index is 3.70. The molecular formula is C16H27BrN2. The molecule has 1 aromatic carbocycles. The fraction of sp³-hybridized carbons (Fsp3) is 0.625. The Kier molecular flexibility index (Phi) is 7.66. The summed E-state index contributed by atoms with van der Waals surface area (Å²) >= 11 is 3.70. The van der Waals surface area contributed by atoms with Crippen LogP contribution in [0.25, 0.3) is 0 Å². The maximum Gasteiger partial charge on any atom is 0.0244 e. The summed E-state index contributed by atoms with van der Waals surface area (Å²) in [4.78, 5) is 2.42. The van der Waals surface area contributed by atoms with E-state index in [0.29, 0.717) is 6.04 Å². The normalized spacial score (nSPS) is 12.9. The summed E-state index contributed by atoms with van der Waals surface area (Å²) in [7, 11) is 2.21. The second-order valence-corrected chi connectivity index (χ2v) is 6.11. The fourth-order valence-corrected chi connectivity index (χ4v) is 2.71. The predicted octanol–water partition coefficient (Wildman–Crippen LogP) is 4.18. The van der Waals surface area contributed by atoms with Crippen LogP contribution >= 0.6 is 15.9 Å². The highest BCUT2D eigenvalue weighted by Crippen LogP contribution is 2.21. The minimum absolute atomic E-state index is 0.637. The number of hydrogen-bond acceptors (Lipinski definition) is 2. The Morgan fingerprint density at radius 2 is 2.05 bits per heavy atom. The van der Waals surface area contributed by atoms with Crippen LogP contribution in [0.1, 0.15) is 44.7 Å². The van der Waals surface area contributed by atoms with Crippen LogP contribution in [0.4, 0.5) is 0 Å². The van der Waals surface area contributed by atoms with Gasteiger partial charge in [-0.2, -0.15) is 0 Å². The van der Waals surface area contributed by atoms with E-state index < -0.39 is 0 Å². The lowest BCUT2D eigenvalue weighted by Gasteiger charge is -2.25. The van der Waals surface area contributed by atoms with Crippen LogP contribution < -0.4 is 5.32 Å². The Balaban J connectivity index is 2.63. The fourth-order valence-electron chi connectivity index (χ4n) is 2.16. The van der Waals surface area contributed by atoms with Crippen LogP contribution in [0.3, 0.4) is 0 Å². The Bertz CT molecular complexity index is 379. The quantitative estimate of drug-likeness (QED) is 0.770. The molecule has 1 atom stereocenters. The van der Waals surface area contributed by atoms with Gasteiger partial charge >= 0.3 is 0 Å². The van der Waals surface area contributed by atoms with Crippen LogP contribution in [-0.4, -0.2) is 24.5 Å². The monoisotopic (exact) mass is 326 g/mol. The van der Waals surface area contributed by atoms with Gasteiger partial charge in [-0.1, -0.05) is 48.3 Å². The molecule has 19 heavy (non-hydrogen) atoms. The highest BCUT2D eigenvalue weighted by atomic mass is 79.9. The van der Waals surface area contributed by atoms with Crippen LogP contribution in [0.5, 0.6) is 0 Å². The lowest BCUT2D eigenvalue weighted by Crippen LogP contribution is -2.28. The van der Waals surface area contributed by atoms with Gasteiger partial charge in [-0.15, -0.1) is 0 Å². The summed E-state index contributed by atoms with van der Waals surface area (Å²) in [6.07, 6.45) is 2.50. The lowest BCUT2D eigenvalue weighted by molar-refractivity contribution is 0.236. The molecule has 0 spiro atoms. The summed E-state index contributed by atoms with van der Waals surface area (Å²) in [5, 5.41) is 3.36. The van der Waals surface area contributed by atoms with Crippen LogP contribution in [-0.2, 0) is 13.1 Å². The molecule has 1 rings (SSSR count). The zero-order valence-electron chi connectivity index (χ0n) is 12.7. The van der Waals surface area contributed by atoms with Crippen molar-refractivity contribution < 1.29 is 0 Å². The lowest BCUT2D eigenvalue weighted by atomic mass is 10.1. The molecule has 0 aliphatic rings. The number of halogens is 1. The first kappa shape index (κ1) is 16.7. The zero-order chi connectivity index (χ0) is 14.3. The molecule has 1 aromatic rings. The molecule has 0 saturated heterocycles. The molecule has 0 fully saturated rings. The van der Waals surface area contributed by atoms with Gasteiger partial charge in [0.05, 0.1) is 0 Å². The largest absolute Gasteiger partial charge is 0.313 e. The molecule has 1 unspecified atom stereocenters. The molecule has 2 nitrogen and oxygen atoms in total. The van der Waals surface area contributed by atoms with Crippen molar-refractivity contribution in [1.82, 2.24) is 10.2 Å². The van der Waals surface area contributed by atoms with E-state index in [1.165, 1.54) is 28.4 Å². The number of nitrogens with zero attached hydrogens (tertiary/aromatic N) is 1. The van der Waals surface area contributed by atoms with Crippen molar-refractivity contribution in [2.45, 2.75) is 52.7 Å². The van der Waals surface area contributed by atoms with Crippen molar-refractivity contribution >= 4 is 15.9 Å². The molecule has 0 heterocycles. The Morgan fingerprint density at radius 3 is 2.63 bits per heavy atom. The van der Waals surface area contributed by atoms with Gasteiger partial charge < -0.3 is 5.32 Å². The summed E-state index contributed by atoms with van der Waals surface area (Å²) in [6, 6.07) is 7.34. The van der Waals surface area contributed by atoms with Crippen LogP contribution in [0.2, 0.25) is 0 Å². The minimum Gasteiger partial charge on any atom is -0.313 e. The van der Waals surface area contributed by atoms with E-state index >= 15 is 0 Å². The molecule has 108 valence electrons. The smallest absolute Gasteiger partial charge is 0.0244 e. The first-order valence-corrected chi connectivity index (χ1v) is 8.06. The summed E-state index contributed by atoms with van der Waals surface area (Å²) in [5.74, 6) is 0. The third-order valence-electron chi connectivity index (χ3n) is 3.58. The third-order valence-corrected chi connectivity index (χ3v) is 4.31. The number of hydrogen-bond donors (Lipinski definition) is 1. The predicted molar refractivity (Wildman–Crippen MR) is 87.4 cm³/mol. The highest BCUT2D eigenvalue weighted by molar-refractivity contribution is 9.10. The van der Waals surface area contributed by atoms with Gasteiger partial charge in [-0.05, 0) is 44.1 Å². The Labute approximate surface area is 126 Å². The Hall–Kier alpha value is -0.380. The standard InChI is InChI=1S/C16H27BrN2/c1-5-7-13(3)19(4)12-15-9-8-14(10-16(15)17)11-18-6-2/h8-10,13,18H,5-7,11-12H2,1-4H3. The summed E-state index contributed by atoms with van der Waals surface area (Å²) in [6.45, 7) is 9.64. The van der Waals surface area contributed by atoms with Crippen molar-refractivity contribution in [3.63, 3.8) is 0 Å². The van der Waals surface area contributed by atoms with E-state index in [1.54, 1.807) is 0 Å². The van der Waals surface area contributed by atoms with Gasteiger partial charge in [0, 0.05) is 23.6 Å². The van der Waals surface area contributed by atoms with E-state index in [9.17, 15) is 0 Å². The average Bonchev–Trinajstić information content (AvgIpc) is 2.39. The molecule has 0 aliphatic heterocycles. The molecular weight excluding hydrogens is 300 g/mol. The van der Waals surface area contributed by atoms with E-state index in [0.717, 1.165) is 19.6 Å². The highest BCUT2D eigenvalue weighted by Gasteiger charge is 2.10. The second-order valence-electron chi connectivity index (χ2n) is 5.26. The second kappa shape index (κ2) is 8.72. The first-order valence-electron chi connectivity index (χ1n) is 7.26. The number of rotatable bonds is 8. The van der Waals surface area contributed by atoms with Gasteiger partial charge in [0.2, 0.25) is 0 Å². The van der Waals surface area contributed by atoms with Gasteiger partial charge in [-0.3, -0.25) is 4.90 Å². The molecule has 0 aromatic heterocycles. The molecule has 3 heteroatoms. The first-order chi connectivity index (χ1) is 9.08. The van der Waals surface area contributed by atoms with Crippen molar-refractivity contribution in [3.05, 3.63) is 33.8 Å². The Morgan fingerprint density at radius 1 is 1.32 bits per heavy atom. The van der Waals surface area contributed by atoms with Gasteiger partial charge in [0.25, 0.3) is 0 Å². The van der Waals surface area contributed by atoms with Crippen molar-refractivity contribution in [3.8, 4) is 0 Å². The summed E-state index contributed by atoms with van der Waals surface area (Å²) < 4.78 is 1.22. The van der Waals surface area contributed by atoms with E-state index in [2.05, 4.69) is 72.2 Å². The van der Waals surface area contributed by atoms with Crippen molar-refractivity contribution in [1.29, 1.82) is 0 Å². The van der Waals surface area contributed by atoms with Crippen LogP contribution in [0, 0.1) is 0 Å². The topological polar surface area (TPSA) is 15.3 Å². The average molecular weight is 327 g/mol. The molecule has 0 amide bonds. The van der Waals surface area contributed by atoms with Gasteiger partial charge in [0.15, 0.2) is 0 Å². The minimum atomic E-state index is 0.637. The molecule has 0 radical (unpaired) electrons. The summed E-state index contributed by atoms with van der Waals surface area (Å²) in [5.41, 5.74) is 2.70. The SMILES string of the molecule is CCCC(C)N(C)Cc1ccc(CNCC)cc1Br. The zero-order valence-corrected chi connectivity index (χ0v) is 14.3. The van der Waals surface area contributed by atoms with Gasteiger partial charge in [0.1, 0.15) is 0 Å². The molecule has 0 aliphatic carbocycles. The van der Waals surface area contributed by atoms with E-state index in [1.807, 2.05) is 0 Å². The molecule has 0 bridgehead atoms. The van der Waals surface area contributed by atoms with E-state index in [4.69, 9.17) is 0 Å². The van der Waals surface area contributed by atoms with Crippen molar-refractivity contribution in [2.75, 3.05) is 13.6 Å². The van der Waals surface area contributed by atoms with Crippen LogP contribution in [0.15, 0.2) is 22.7 Å². The molecule has 1 N–H and O–H groups in total. The number of nitrogens with one attached hydrogen (secondary N) is 1. The molecule has 0 saturated carbocycles. The van der Waals surface area contributed by atoms with Crippen molar-refractivity contribution in [2.24, 2.45) is 0 Å². The third kappa shape index (κ3) is 5.64. The number of benzene rings is 1. The van der Waals surface area contributed by atoms with Gasteiger partial charge in [-0.25, -0.2) is 0 Å². The maximum atomic E-state index is 3.70. The van der Waals surface area contributed by atoms with E-state index in [-0.39, 0.29) is 0 Å².